The summed E-state index contributed by atoms with van der Waals surface area (Å²) in [6, 6.07) is 5.31. The Morgan fingerprint density at radius 1 is 1.40 bits per heavy atom. The Kier molecular flexibility index (Phi) is 4.05. The van der Waals surface area contributed by atoms with E-state index in [0.717, 1.165) is 10.0 Å². The van der Waals surface area contributed by atoms with E-state index in [0.29, 0.717) is 12.2 Å². The Bertz CT molecular complexity index is 720. The minimum atomic E-state index is -3.75. The van der Waals surface area contributed by atoms with Gasteiger partial charge in [0.05, 0.1) is 5.69 Å². The molecule has 1 heterocycles. The molecule has 2 aromatic rings. The second kappa shape index (κ2) is 5.45. The molecule has 2 rings (SSSR count). The van der Waals surface area contributed by atoms with Crippen molar-refractivity contribution >= 4 is 37.5 Å². The first-order valence-electron chi connectivity index (χ1n) is 5.95. The van der Waals surface area contributed by atoms with Crippen LogP contribution in [0.4, 0.5) is 11.5 Å². The average Bonchev–Trinajstić information content (AvgIpc) is 2.69. The van der Waals surface area contributed by atoms with Gasteiger partial charge in [-0.25, -0.2) is 8.42 Å². The van der Waals surface area contributed by atoms with Crippen molar-refractivity contribution in [2.24, 2.45) is 0 Å². The minimum Gasteiger partial charge on any atom is -0.381 e. The number of nitrogens with zero attached hydrogens (tertiary/aromatic N) is 2. The zero-order valence-corrected chi connectivity index (χ0v) is 13.5. The monoisotopic (exact) mass is 358 g/mol. The maximum Gasteiger partial charge on any atom is 0.267 e. The van der Waals surface area contributed by atoms with Crippen LogP contribution in [0.25, 0.3) is 0 Å². The highest BCUT2D eigenvalue weighted by molar-refractivity contribution is 9.10. The van der Waals surface area contributed by atoms with Gasteiger partial charge in [-0.3, -0.25) is 9.40 Å². The van der Waals surface area contributed by atoms with E-state index in [4.69, 9.17) is 5.73 Å². The Balaban J connectivity index is 2.37. The average molecular weight is 359 g/mol. The predicted octanol–water partition coefficient (Wildman–Crippen LogP) is 2.36. The lowest BCUT2D eigenvalue weighted by Gasteiger charge is -2.08. The van der Waals surface area contributed by atoms with Gasteiger partial charge in [0.25, 0.3) is 10.0 Å². The Morgan fingerprint density at radius 3 is 2.65 bits per heavy atom. The molecule has 6 nitrogen and oxygen atoms in total. The van der Waals surface area contributed by atoms with Gasteiger partial charge in [0.1, 0.15) is 4.90 Å². The van der Waals surface area contributed by atoms with Crippen molar-refractivity contribution in [3.63, 3.8) is 0 Å². The normalized spacial score (nSPS) is 11.6. The number of nitrogens with one attached hydrogen (secondary N) is 1. The molecule has 0 atom stereocenters. The summed E-state index contributed by atoms with van der Waals surface area (Å²) in [4.78, 5) is -0.0167. The van der Waals surface area contributed by atoms with Crippen molar-refractivity contribution in [3.05, 3.63) is 34.4 Å². The standard InChI is InChI=1S/C12H15BrN4O2S/c1-3-17-7-11(12(14)15-17)20(18,19)16-10-5-8(2)4-9(13)6-10/h4-7,16H,3H2,1-2H3,(H2,14,15). The number of nitrogen functional groups attached to an aromatic ring is 1. The molecule has 0 aliphatic carbocycles. The summed E-state index contributed by atoms with van der Waals surface area (Å²) >= 11 is 3.33. The molecule has 0 spiro atoms. The minimum absolute atomic E-state index is 0.00827. The number of aromatic nitrogens is 2. The third kappa shape index (κ3) is 3.13. The lowest BCUT2D eigenvalue weighted by Crippen LogP contribution is -2.14. The van der Waals surface area contributed by atoms with Crippen LogP contribution in [0.1, 0.15) is 12.5 Å². The van der Waals surface area contributed by atoms with Crippen LogP contribution in [0, 0.1) is 6.92 Å². The number of hydrogen-bond acceptors (Lipinski definition) is 4. The largest absolute Gasteiger partial charge is 0.381 e. The molecule has 1 aromatic heterocycles. The number of hydrogen-bond donors (Lipinski definition) is 2. The van der Waals surface area contributed by atoms with Crippen molar-refractivity contribution in [1.82, 2.24) is 9.78 Å². The van der Waals surface area contributed by atoms with Crippen LogP contribution in [0.15, 0.2) is 33.8 Å². The second-order valence-electron chi connectivity index (χ2n) is 4.36. The van der Waals surface area contributed by atoms with E-state index >= 15 is 0 Å². The van der Waals surface area contributed by atoms with Gasteiger partial charge in [0.2, 0.25) is 0 Å². The quantitative estimate of drug-likeness (QED) is 0.877. The fraction of sp³-hybridized carbons (Fsp3) is 0.250. The third-order valence-corrected chi connectivity index (χ3v) is 4.52. The van der Waals surface area contributed by atoms with E-state index in [-0.39, 0.29) is 10.7 Å². The molecule has 1 aromatic carbocycles. The number of halogens is 1. The van der Waals surface area contributed by atoms with Crippen molar-refractivity contribution in [1.29, 1.82) is 0 Å². The molecule has 3 N–H and O–H groups in total. The predicted molar refractivity (Wildman–Crippen MR) is 82.0 cm³/mol. The van der Waals surface area contributed by atoms with Crippen LogP contribution in [0.5, 0.6) is 0 Å². The van der Waals surface area contributed by atoms with E-state index in [2.05, 4.69) is 25.8 Å². The molecule has 0 radical (unpaired) electrons. The van der Waals surface area contributed by atoms with E-state index in [1.165, 1.54) is 10.9 Å². The first-order chi connectivity index (χ1) is 9.31. The van der Waals surface area contributed by atoms with Gasteiger partial charge in [-0.05, 0) is 37.6 Å². The summed E-state index contributed by atoms with van der Waals surface area (Å²) in [5.41, 5.74) is 7.07. The molecule has 0 aliphatic rings. The van der Waals surface area contributed by atoms with Gasteiger partial charge >= 0.3 is 0 Å². The summed E-state index contributed by atoms with van der Waals surface area (Å²) in [5.74, 6) is -0.00827. The number of benzene rings is 1. The molecule has 0 saturated heterocycles. The SMILES string of the molecule is CCn1cc(S(=O)(=O)Nc2cc(C)cc(Br)c2)c(N)n1. The van der Waals surface area contributed by atoms with Crippen LogP contribution in [0.3, 0.4) is 0 Å². The fourth-order valence-electron chi connectivity index (χ4n) is 1.79. The van der Waals surface area contributed by atoms with Gasteiger partial charge in [-0.15, -0.1) is 0 Å². The molecule has 0 unspecified atom stereocenters. The highest BCUT2D eigenvalue weighted by atomic mass is 79.9. The van der Waals surface area contributed by atoms with Crippen LogP contribution >= 0.6 is 15.9 Å². The highest BCUT2D eigenvalue weighted by Gasteiger charge is 2.21. The molecule has 0 amide bonds. The smallest absolute Gasteiger partial charge is 0.267 e. The molecular formula is C12H15BrN4O2S. The maximum atomic E-state index is 12.3. The highest BCUT2D eigenvalue weighted by Crippen LogP contribution is 2.24. The van der Waals surface area contributed by atoms with Gasteiger partial charge in [-0.2, -0.15) is 5.10 Å². The Morgan fingerprint density at radius 2 is 2.10 bits per heavy atom. The third-order valence-electron chi connectivity index (χ3n) is 2.66. The Hall–Kier alpha value is -1.54. The summed E-state index contributed by atoms with van der Waals surface area (Å²) in [7, 11) is -3.75. The summed E-state index contributed by atoms with van der Waals surface area (Å²) in [6.07, 6.45) is 1.42. The van der Waals surface area contributed by atoms with Crippen LogP contribution in [-0.4, -0.2) is 18.2 Å². The number of aryl methyl sites for hydroxylation is 2. The van der Waals surface area contributed by atoms with Gasteiger partial charge in [0, 0.05) is 17.2 Å². The molecule has 0 aliphatic heterocycles. The molecule has 0 bridgehead atoms. The van der Waals surface area contributed by atoms with Gasteiger partial charge < -0.3 is 5.73 Å². The van der Waals surface area contributed by atoms with Crippen LogP contribution < -0.4 is 10.5 Å². The molecule has 0 fully saturated rings. The zero-order valence-electron chi connectivity index (χ0n) is 11.1. The summed E-state index contributed by atoms with van der Waals surface area (Å²) < 4.78 is 29.4. The van der Waals surface area contributed by atoms with Gasteiger partial charge in [-0.1, -0.05) is 15.9 Å². The number of rotatable bonds is 4. The topological polar surface area (TPSA) is 90.0 Å². The lowest BCUT2D eigenvalue weighted by atomic mass is 10.2. The number of sulfonamides is 1. The molecular weight excluding hydrogens is 344 g/mol. The lowest BCUT2D eigenvalue weighted by molar-refractivity contribution is 0.600. The van der Waals surface area contributed by atoms with E-state index in [9.17, 15) is 8.42 Å². The van der Waals surface area contributed by atoms with E-state index in [1.807, 2.05) is 19.9 Å². The molecule has 108 valence electrons. The van der Waals surface area contributed by atoms with Crippen LogP contribution in [0.2, 0.25) is 0 Å². The van der Waals surface area contributed by atoms with Crippen molar-refractivity contribution in [2.45, 2.75) is 25.3 Å². The first-order valence-corrected chi connectivity index (χ1v) is 8.22. The van der Waals surface area contributed by atoms with Crippen molar-refractivity contribution in [3.8, 4) is 0 Å². The zero-order chi connectivity index (χ0) is 14.9. The summed E-state index contributed by atoms with van der Waals surface area (Å²) in [6.45, 7) is 4.29. The molecule has 20 heavy (non-hydrogen) atoms. The summed E-state index contributed by atoms with van der Waals surface area (Å²) in [5, 5.41) is 3.94. The second-order valence-corrected chi connectivity index (χ2v) is 6.92. The van der Waals surface area contributed by atoms with Gasteiger partial charge in [0.15, 0.2) is 5.82 Å². The number of anilines is 2. The van der Waals surface area contributed by atoms with E-state index < -0.39 is 10.0 Å². The molecule has 0 saturated carbocycles. The molecule has 8 heteroatoms. The van der Waals surface area contributed by atoms with Crippen molar-refractivity contribution in [2.75, 3.05) is 10.5 Å². The number of nitrogens with two attached hydrogens (primary N) is 1. The van der Waals surface area contributed by atoms with E-state index in [1.54, 1.807) is 12.1 Å². The van der Waals surface area contributed by atoms with Crippen LogP contribution in [-0.2, 0) is 16.6 Å². The Labute approximate surface area is 126 Å². The first kappa shape index (κ1) is 14.9. The fourth-order valence-corrected chi connectivity index (χ4v) is 3.51. The maximum absolute atomic E-state index is 12.3. The van der Waals surface area contributed by atoms with Crippen molar-refractivity contribution < 1.29 is 8.42 Å².